The number of benzene rings is 3. The van der Waals surface area contributed by atoms with Gasteiger partial charge in [0, 0.05) is 35.0 Å². The summed E-state index contributed by atoms with van der Waals surface area (Å²) in [6.07, 6.45) is 5.19. The standard InChI is InChI=1S/C39H39ClN4O4/c1-24-33(37(38(45)46-5)48-39(2,3)4)35-29-17-18-31-36(34(29)40)43(20-21-47-31)19-10-6-7-12-25-13-8-9-16-28(25)26-14-11-15-27(22-26)30-23-32(41-24)44(35)42-30/h6,8-11,13-18,22-23,37H,7,12,19-21H2,1-5H3/b10-6-/t37-/m0/s1. The molecule has 0 spiro atoms. The quantitative estimate of drug-likeness (QED) is 0.142. The summed E-state index contributed by atoms with van der Waals surface area (Å²) in [6.45, 7) is 9.51. The minimum absolute atomic E-state index is 0.502. The molecule has 0 N–H and O–H groups in total. The summed E-state index contributed by atoms with van der Waals surface area (Å²) >= 11 is 7.42. The lowest BCUT2D eigenvalue weighted by Crippen LogP contribution is -2.33. The molecule has 0 aliphatic carbocycles. The van der Waals surface area contributed by atoms with E-state index in [9.17, 15) is 4.79 Å². The Hall–Kier alpha value is -4.66. The Kier molecular flexibility index (Phi) is 8.48. The summed E-state index contributed by atoms with van der Waals surface area (Å²) in [6, 6.07) is 22.9. The first kappa shape index (κ1) is 31.9. The maximum Gasteiger partial charge on any atom is 0.339 e. The average molecular weight is 663 g/mol. The molecule has 0 radical (unpaired) electrons. The summed E-state index contributed by atoms with van der Waals surface area (Å²) in [7, 11) is 1.36. The molecule has 0 saturated heterocycles. The molecule has 9 heteroatoms. The van der Waals surface area contributed by atoms with E-state index in [1.807, 2.05) is 45.9 Å². The van der Waals surface area contributed by atoms with Crippen LogP contribution in [0.4, 0.5) is 5.69 Å². The van der Waals surface area contributed by atoms with Gasteiger partial charge in [0.05, 0.1) is 41.4 Å². The van der Waals surface area contributed by atoms with Crippen LogP contribution in [-0.4, -0.2) is 53.0 Å². The molecular weight excluding hydrogens is 624 g/mol. The van der Waals surface area contributed by atoms with Crippen molar-refractivity contribution < 1.29 is 19.0 Å². The van der Waals surface area contributed by atoms with Crippen LogP contribution in [0.2, 0.25) is 5.02 Å². The molecule has 2 aliphatic rings. The van der Waals surface area contributed by atoms with E-state index in [2.05, 4.69) is 65.6 Å². The van der Waals surface area contributed by atoms with Crippen molar-refractivity contribution in [2.24, 2.45) is 0 Å². The van der Waals surface area contributed by atoms with Crippen LogP contribution in [0.15, 0.2) is 78.9 Å². The molecule has 0 unspecified atom stereocenters. The Balaban J connectivity index is 1.54. The zero-order valence-corrected chi connectivity index (χ0v) is 28.7. The van der Waals surface area contributed by atoms with Crippen molar-refractivity contribution in [3.05, 3.63) is 101 Å². The second kappa shape index (κ2) is 12.7. The van der Waals surface area contributed by atoms with Gasteiger partial charge in [-0.15, -0.1) is 0 Å². The minimum Gasteiger partial charge on any atom is -0.490 e. The van der Waals surface area contributed by atoms with Crippen molar-refractivity contribution in [3.8, 4) is 39.4 Å². The van der Waals surface area contributed by atoms with Gasteiger partial charge in [-0.05, 0) is 75.4 Å². The Morgan fingerprint density at radius 1 is 1.00 bits per heavy atom. The van der Waals surface area contributed by atoms with Crippen molar-refractivity contribution in [3.63, 3.8) is 0 Å². The van der Waals surface area contributed by atoms with E-state index in [4.69, 9.17) is 35.9 Å². The van der Waals surface area contributed by atoms with Gasteiger partial charge < -0.3 is 19.1 Å². The smallest absolute Gasteiger partial charge is 0.339 e. The van der Waals surface area contributed by atoms with Gasteiger partial charge in [-0.1, -0.05) is 66.2 Å². The van der Waals surface area contributed by atoms with Crippen molar-refractivity contribution in [2.75, 3.05) is 31.7 Å². The van der Waals surface area contributed by atoms with Crippen LogP contribution < -0.4 is 9.64 Å². The van der Waals surface area contributed by atoms with Gasteiger partial charge in [-0.3, -0.25) is 0 Å². The fourth-order valence-electron chi connectivity index (χ4n) is 6.66. The molecular formula is C39H39ClN4O4. The summed E-state index contributed by atoms with van der Waals surface area (Å²) in [5.74, 6) is 0.177. The lowest BCUT2D eigenvalue weighted by atomic mass is 9.95. The highest BCUT2D eigenvalue weighted by Crippen LogP contribution is 2.47. The highest BCUT2D eigenvalue weighted by Gasteiger charge is 2.35. The number of halogens is 1. The van der Waals surface area contributed by atoms with E-state index in [-0.39, 0.29) is 0 Å². The van der Waals surface area contributed by atoms with E-state index in [1.165, 1.54) is 18.2 Å². The van der Waals surface area contributed by atoms with Crippen molar-refractivity contribution in [1.82, 2.24) is 14.6 Å². The minimum atomic E-state index is -1.09. The van der Waals surface area contributed by atoms with Crippen LogP contribution in [0.5, 0.6) is 5.75 Å². The van der Waals surface area contributed by atoms with Gasteiger partial charge >= 0.3 is 5.97 Å². The van der Waals surface area contributed by atoms with Crippen molar-refractivity contribution in [2.45, 2.75) is 52.2 Å². The molecule has 6 bridgehead atoms. The first-order valence-electron chi connectivity index (χ1n) is 16.3. The maximum atomic E-state index is 13.5. The average Bonchev–Trinajstić information content (AvgIpc) is 3.50. The van der Waals surface area contributed by atoms with E-state index in [0.29, 0.717) is 58.6 Å². The first-order chi connectivity index (χ1) is 23.1. The van der Waals surface area contributed by atoms with E-state index >= 15 is 0 Å². The van der Waals surface area contributed by atoms with Crippen LogP contribution in [0, 0.1) is 6.92 Å². The largest absolute Gasteiger partial charge is 0.490 e. The fraction of sp³-hybridized carbons (Fsp3) is 0.308. The molecule has 0 fully saturated rings. The first-order valence-corrected chi connectivity index (χ1v) is 16.7. The van der Waals surface area contributed by atoms with Gasteiger partial charge in [0.15, 0.2) is 11.8 Å². The summed E-state index contributed by atoms with van der Waals surface area (Å²) in [4.78, 5) is 20.7. The van der Waals surface area contributed by atoms with E-state index in [1.54, 1.807) is 4.52 Å². The third-order valence-corrected chi connectivity index (χ3v) is 9.19. The molecule has 2 aliphatic heterocycles. The monoisotopic (exact) mass is 662 g/mol. The number of anilines is 1. The number of nitrogens with zero attached hydrogens (tertiary/aromatic N) is 4. The summed E-state index contributed by atoms with van der Waals surface area (Å²) in [5, 5.41) is 5.66. The Bertz CT molecular complexity index is 2060. The normalized spacial score (nSPS) is 15.7. The Morgan fingerprint density at radius 2 is 1.81 bits per heavy atom. The third-order valence-electron chi connectivity index (χ3n) is 8.81. The zero-order valence-electron chi connectivity index (χ0n) is 27.9. The van der Waals surface area contributed by atoms with Crippen molar-refractivity contribution in [1.29, 1.82) is 0 Å². The van der Waals surface area contributed by atoms with Crippen LogP contribution in [0.25, 0.3) is 39.3 Å². The summed E-state index contributed by atoms with van der Waals surface area (Å²) < 4.78 is 19.6. The Morgan fingerprint density at radius 3 is 2.62 bits per heavy atom. The third kappa shape index (κ3) is 5.95. The zero-order chi connectivity index (χ0) is 33.6. The van der Waals surface area contributed by atoms with Crippen LogP contribution >= 0.6 is 11.6 Å². The number of hydrogen-bond donors (Lipinski definition) is 0. The number of carbonyl (C=O) groups excluding carboxylic acids is 1. The number of esters is 1. The topological polar surface area (TPSA) is 78.2 Å². The molecule has 48 heavy (non-hydrogen) atoms. The molecule has 5 aromatic rings. The van der Waals surface area contributed by atoms with E-state index in [0.717, 1.165) is 35.3 Å². The number of aromatic nitrogens is 3. The number of carbonyl (C=O) groups is 1. The highest BCUT2D eigenvalue weighted by molar-refractivity contribution is 6.36. The lowest BCUT2D eigenvalue weighted by molar-refractivity contribution is -0.164. The van der Waals surface area contributed by atoms with Gasteiger partial charge in [0.1, 0.15) is 12.4 Å². The number of ether oxygens (including phenoxy) is 3. The molecule has 4 heterocycles. The van der Waals surface area contributed by atoms with Crippen LogP contribution in [0.1, 0.15) is 50.1 Å². The number of aryl methyl sites for hydroxylation is 2. The van der Waals surface area contributed by atoms with Crippen molar-refractivity contribution >= 4 is 28.9 Å². The molecule has 246 valence electrons. The van der Waals surface area contributed by atoms with Gasteiger partial charge in [0.25, 0.3) is 0 Å². The molecule has 1 atom stereocenters. The summed E-state index contributed by atoms with van der Waals surface area (Å²) in [5.41, 5.74) is 8.51. The molecule has 7 rings (SSSR count). The molecule has 2 aromatic heterocycles. The molecule has 8 nitrogen and oxygen atoms in total. The number of hydrogen-bond acceptors (Lipinski definition) is 7. The number of allylic oxidation sites excluding steroid dienone is 1. The van der Waals surface area contributed by atoms with Crippen LogP contribution in [0.3, 0.4) is 0 Å². The SMILES string of the molecule is COC(=O)[C@@H](OC(C)(C)C)c1c(C)nc2cc3nn2c1-c1ccc2c(c1Cl)N(C/C=C\CCc1ccccc1-c1cccc-3c1)CCO2. The van der Waals surface area contributed by atoms with Gasteiger partial charge in [-0.2, -0.15) is 5.10 Å². The molecule has 0 saturated carbocycles. The second-order valence-electron chi connectivity index (χ2n) is 13.2. The number of fused-ring (bicyclic) bond motifs is 8. The number of rotatable bonds is 3. The lowest BCUT2D eigenvalue weighted by Gasteiger charge is -2.32. The fourth-order valence-corrected chi connectivity index (χ4v) is 7.02. The van der Waals surface area contributed by atoms with Gasteiger partial charge in [0.2, 0.25) is 0 Å². The van der Waals surface area contributed by atoms with E-state index < -0.39 is 17.7 Å². The molecule has 0 amide bonds. The van der Waals surface area contributed by atoms with Crippen LogP contribution in [-0.2, 0) is 20.7 Å². The molecule has 3 aromatic carbocycles. The second-order valence-corrected chi connectivity index (χ2v) is 13.6. The predicted octanol–water partition coefficient (Wildman–Crippen LogP) is 8.42. The van der Waals surface area contributed by atoms with Gasteiger partial charge in [-0.25, -0.2) is 14.3 Å². The number of methoxy groups -OCH3 is 1. The Labute approximate surface area is 285 Å². The predicted molar refractivity (Wildman–Crippen MR) is 190 cm³/mol. The highest BCUT2D eigenvalue weighted by atomic mass is 35.5. The maximum absolute atomic E-state index is 13.5.